The van der Waals surface area contributed by atoms with Crippen molar-refractivity contribution in [2.75, 3.05) is 10.6 Å². The molecule has 0 fully saturated rings. The van der Waals surface area contributed by atoms with Crippen LogP contribution in [0, 0.1) is 0 Å². The van der Waals surface area contributed by atoms with Crippen molar-refractivity contribution in [2.24, 2.45) is 0 Å². The molecule has 0 aliphatic carbocycles. The predicted molar refractivity (Wildman–Crippen MR) is 127 cm³/mol. The number of aromatic hydroxyl groups is 1. The van der Waals surface area contributed by atoms with E-state index in [-0.39, 0.29) is 133 Å². The second-order valence-corrected chi connectivity index (χ2v) is 11.0. The summed E-state index contributed by atoms with van der Waals surface area (Å²) in [7, 11) is -9.71. The van der Waals surface area contributed by atoms with Gasteiger partial charge in [0.2, 0.25) is 17.2 Å². The molecule has 0 aliphatic rings. The molecule has 0 unspecified atom stereocenters. The van der Waals surface area contributed by atoms with Crippen molar-refractivity contribution in [2.45, 2.75) is 14.7 Å². The van der Waals surface area contributed by atoms with Gasteiger partial charge in [0.25, 0.3) is 0 Å². The molecule has 3 N–H and O–H groups in total. The topological polar surface area (TPSA) is 239 Å². The summed E-state index contributed by atoms with van der Waals surface area (Å²) in [5.74, 6) is -0.892. The second kappa shape index (κ2) is 16.1. The first-order valence-electron chi connectivity index (χ1n) is 9.75. The van der Waals surface area contributed by atoms with E-state index < -0.39 is 35.8 Å². The summed E-state index contributed by atoms with van der Waals surface area (Å²) in [6.07, 6.45) is 0. The zero-order valence-corrected chi connectivity index (χ0v) is 30.4. The molecule has 0 spiro atoms. The summed E-state index contributed by atoms with van der Waals surface area (Å²) in [6.45, 7) is 0. The molecule has 200 valence electrons. The van der Waals surface area contributed by atoms with E-state index in [0.29, 0.717) is 12.0 Å². The van der Waals surface area contributed by atoms with E-state index in [0.717, 1.165) is 24.3 Å². The van der Waals surface area contributed by atoms with Gasteiger partial charge in [0.1, 0.15) is 26.0 Å². The number of phenolic OH excluding ortho intramolecular Hbond substituents is 1. The fourth-order valence-electron chi connectivity index (χ4n) is 3.22. The Morgan fingerprint density at radius 1 is 0.854 bits per heavy atom. The molecule has 41 heavy (non-hydrogen) atoms. The van der Waals surface area contributed by atoms with Gasteiger partial charge < -0.3 is 30.1 Å². The van der Waals surface area contributed by atoms with E-state index in [9.17, 15) is 36.3 Å². The summed E-state index contributed by atoms with van der Waals surface area (Å²) in [5.41, 5.74) is -0.00776. The van der Waals surface area contributed by atoms with Crippen molar-refractivity contribution in [1.29, 1.82) is 0 Å². The van der Waals surface area contributed by atoms with Crippen molar-refractivity contribution >= 4 is 77.9 Å². The number of rotatable bonds is 9. The summed E-state index contributed by atoms with van der Waals surface area (Å²) < 4.78 is 73.3. The van der Waals surface area contributed by atoms with Gasteiger partial charge in [0.05, 0.1) is 27.5 Å². The summed E-state index contributed by atoms with van der Waals surface area (Å²) in [4.78, 5) is 10.7. The third-order valence-electron chi connectivity index (χ3n) is 4.66. The largest absolute Gasteiger partial charge is 1.00 e. The van der Waals surface area contributed by atoms with Crippen LogP contribution >= 0.6 is 23.6 Å². The van der Waals surface area contributed by atoms with E-state index in [1.807, 2.05) is 0 Å². The van der Waals surface area contributed by atoms with Gasteiger partial charge >= 0.3 is 88.7 Å². The van der Waals surface area contributed by atoms with Crippen LogP contribution in [0.3, 0.4) is 0 Å². The molecular weight excluding hydrogens is 659 g/mol. The third-order valence-corrected chi connectivity index (χ3v) is 7.02. The summed E-state index contributed by atoms with van der Waals surface area (Å²) >= 11 is 6.39. The Kier molecular flexibility index (Phi) is 15.2. The molecule has 1 heterocycles. The molecule has 0 saturated heterocycles. The molecule has 0 amide bonds. The maximum atomic E-state index is 11.8. The Morgan fingerprint density at radius 3 is 2.10 bits per heavy atom. The number of fused-ring (bicyclic) bond motifs is 1. The Bertz CT molecular complexity index is 1770. The van der Waals surface area contributed by atoms with Crippen LogP contribution in [0.4, 0.5) is 23.3 Å². The SMILES string of the molecule is O=S(=O)([O-])c1cccc(Nc2nc(Cl)nc(Nc3cc(S(=O)(=O)[O-])cc4cc(SOO[O-])cc(O)c34)n2)c1.[Na+].[Na+].[Na+]. The number of hydrogen-bond donors (Lipinski definition) is 3. The first-order chi connectivity index (χ1) is 17.8. The van der Waals surface area contributed by atoms with Crippen LogP contribution in [0.2, 0.25) is 5.28 Å². The van der Waals surface area contributed by atoms with Gasteiger partial charge in [-0.3, -0.25) is 5.04 Å². The Morgan fingerprint density at radius 2 is 1.49 bits per heavy atom. The second-order valence-electron chi connectivity index (χ2n) is 7.17. The number of anilines is 4. The first-order valence-corrected chi connectivity index (χ1v) is 13.7. The van der Waals surface area contributed by atoms with E-state index >= 15 is 0 Å². The van der Waals surface area contributed by atoms with Crippen molar-refractivity contribution in [3.05, 3.63) is 53.8 Å². The predicted octanol–water partition coefficient (Wildman–Crippen LogP) is -7.08. The zero-order valence-electron chi connectivity index (χ0n) is 21.2. The van der Waals surface area contributed by atoms with Crippen LogP contribution in [-0.4, -0.2) is 46.0 Å². The van der Waals surface area contributed by atoms with E-state index in [1.165, 1.54) is 24.3 Å². The fourth-order valence-corrected chi connectivity index (χ4v) is 4.87. The van der Waals surface area contributed by atoms with Crippen LogP contribution in [0.25, 0.3) is 10.8 Å². The fraction of sp³-hybridized carbons (Fsp3) is 0. The zero-order chi connectivity index (χ0) is 27.7. The van der Waals surface area contributed by atoms with Crippen molar-refractivity contribution < 1.29 is 134 Å². The Labute approximate surface area is 308 Å². The molecule has 4 rings (SSSR count). The number of nitrogens with zero attached hydrogens (tertiary/aromatic N) is 3. The maximum Gasteiger partial charge on any atom is 1.00 e. The molecule has 3 aromatic carbocycles. The van der Waals surface area contributed by atoms with Gasteiger partial charge in [-0.05, 0) is 59.5 Å². The van der Waals surface area contributed by atoms with Crippen molar-refractivity contribution in [3.63, 3.8) is 0 Å². The third kappa shape index (κ3) is 10.4. The minimum absolute atomic E-state index is 0. The molecule has 1 aromatic heterocycles. The number of phenols is 1. The van der Waals surface area contributed by atoms with E-state index in [4.69, 9.17) is 11.6 Å². The Hall–Kier alpha value is -0.330. The van der Waals surface area contributed by atoms with Crippen LogP contribution < -0.4 is 105 Å². The minimum atomic E-state index is -4.98. The smallest absolute Gasteiger partial charge is 0.744 e. The van der Waals surface area contributed by atoms with Crippen LogP contribution in [0.5, 0.6) is 5.75 Å². The number of hydrogen-bond acceptors (Lipinski definition) is 16. The van der Waals surface area contributed by atoms with Crippen LogP contribution in [0.15, 0.2) is 63.2 Å². The van der Waals surface area contributed by atoms with Gasteiger partial charge in [-0.25, -0.2) is 16.8 Å². The Balaban J connectivity index is 0.00000280. The average Bonchev–Trinajstić information content (AvgIpc) is 2.81. The van der Waals surface area contributed by atoms with Crippen molar-refractivity contribution in [3.8, 4) is 5.75 Å². The van der Waals surface area contributed by atoms with Crippen molar-refractivity contribution in [1.82, 2.24) is 15.0 Å². The molecule has 15 nitrogen and oxygen atoms in total. The molecule has 0 radical (unpaired) electrons. The standard InChI is InChI=1S/C19H14ClN5O10S3.3Na/c20-17-23-18(21-10-2-1-3-12(6-10)37(28,29)30)25-19(24-17)22-14-8-13(38(31,32)33)5-9-4-11(36-35-34-27)7-15(26)16(9)14;;;/h1-8,26-27H,(H,28,29,30)(H,31,32,33)(H2,21,22,23,24,25);;;/q;3*+1/p-3. The van der Waals surface area contributed by atoms with Gasteiger partial charge in [0.15, 0.2) is 0 Å². The van der Waals surface area contributed by atoms with E-state index in [2.05, 4.69) is 35.0 Å². The number of halogens is 1. The molecule has 4 aromatic rings. The normalized spacial score (nSPS) is 11.1. The molecule has 0 aliphatic heterocycles. The van der Waals surface area contributed by atoms with Crippen LogP contribution in [0.1, 0.15) is 0 Å². The molecule has 0 atom stereocenters. The summed E-state index contributed by atoms with van der Waals surface area (Å²) in [5, 5.41) is 29.0. The van der Waals surface area contributed by atoms with Gasteiger partial charge in [0, 0.05) is 16.0 Å². The quantitative estimate of drug-likeness (QED) is 0.0493. The molecule has 0 saturated carbocycles. The van der Waals surface area contributed by atoms with Crippen LogP contribution in [-0.2, 0) is 29.6 Å². The molecular formula is C19H11ClN5Na3O10S3. The maximum absolute atomic E-state index is 11.8. The number of aromatic nitrogens is 3. The summed E-state index contributed by atoms with van der Waals surface area (Å²) in [6, 6.07) is 9.27. The minimum Gasteiger partial charge on any atom is -0.744 e. The van der Waals surface area contributed by atoms with Gasteiger partial charge in [-0.1, -0.05) is 6.07 Å². The molecule has 22 heteroatoms. The number of benzene rings is 3. The number of nitrogens with one attached hydrogen (secondary N) is 2. The van der Waals surface area contributed by atoms with Gasteiger partial charge in [-0.15, -0.1) is 0 Å². The first kappa shape index (κ1) is 38.7. The van der Waals surface area contributed by atoms with E-state index in [1.54, 1.807) is 0 Å². The monoisotopic (exact) mass is 669 g/mol. The average molecular weight is 670 g/mol. The van der Waals surface area contributed by atoms with Gasteiger partial charge in [-0.2, -0.15) is 19.3 Å². The molecule has 0 bridgehead atoms.